The summed E-state index contributed by atoms with van der Waals surface area (Å²) in [7, 11) is 0. The van der Waals surface area contributed by atoms with Crippen LogP contribution in [0.25, 0.3) is 10.9 Å². The van der Waals surface area contributed by atoms with Gasteiger partial charge in [0.1, 0.15) is 0 Å². The Hall–Kier alpha value is -4.16. The zero-order valence-corrected chi connectivity index (χ0v) is 24.2. The molecule has 1 aromatic heterocycles. The van der Waals surface area contributed by atoms with E-state index in [1.54, 1.807) is 6.08 Å². The molecule has 2 N–H and O–H groups in total. The number of allylic oxidation sites excluding steroid dienone is 2. The van der Waals surface area contributed by atoms with Crippen LogP contribution in [0.3, 0.4) is 0 Å². The number of carbonyl (C=O) groups is 1. The molecule has 0 aliphatic carbocycles. The van der Waals surface area contributed by atoms with Crippen molar-refractivity contribution in [2.24, 2.45) is 5.92 Å². The third kappa shape index (κ3) is 7.74. The molecule has 1 saturated heterocycles. The minimum absolute atomic E-state index is 0.0418. The van der Waals surface area contributed by atoms with Crippen LogP contribution in [0, 0.1) is 5.92 Å². The molecule has 5 rings (SSSR count). The molecule has 2 amide bonds. The molecule has 1 aliphatic rings. The van der Waals surface area contributed by atoms with E-state index in [1.165, 1.54) is 0 Å². The number of aliphatic hydroxyl groups is 1. The maximum atomic E-state index is 14.5. The molecule has 2 heterocycles. The van der Waals surface area contributed by atoms with Crippen LogP contribution in [-0.2, 0) is 19.5 Å². The van der Waals surface area contributed by atoms with Gasteiger partial charge in [-0.1, -0.05) is 85.8 Å². The quantitative estimate of drug-likeness (QED) is 0.218. The molecule has 41 heavy (non-hydrogen) atoms. The van der Waals surface area contributed by atoms with Crippen molar-refractivity contribution in [1.29, 1.82) is 0 Å². The molecule has 4 aromatic rings. The summed E-state index contributed by atoms with van der Waals surface area (Å²) in [5, 5.41) is 19.8. The van der Waals surface area contributed by atoms with Crippen molar-refractivity contribution in [3.63, 3.8) is 0 Å². The SMILES string of the molecule is C=CC.C=CC(C)C[C@@H]1CC(O)C(Cc2ccccc2)N(Cc2ccccc2)C(=O)N1Cc1ccc2[nH]ncc2c1. The van der Waals surface area contributed by atoms with E-state index in [4.69, 9.17) is 0 Å². The molecular weight excluding hydrogens is 508 g/mol. The third-order valence-corrected chi connectivity index (χ3v) is 7.68. The number of aliphatic hydroxyl groups excluding tert-OH is 1. The number of hydrogen-bond donors (Lipinski definition) is 2. The molecule has 6 nitrogen and oxygen atoms in total. The molecule has 214 valence electrons. The Kier molecular flexibility index (Phi) is 10.5. The monoisotopic (exact) mass is 550 g/mol. The van der Waals surface area contributed by atoms with Gasteiger partial charge < -0.3 is 14.9 Å². The number of carbonyl (C=O) groups excluding carboxylic acids is 1. The van der Waals surface area contributed by atoms with Gasteiger partial charge in [0.05, 0.1) is 23.9 Å². The van der Waals surface area contributed by atoms with Crippen molar-refractivity contribution < 1.29 is 9.90 Å². The number of aromatic amines is 1. The Morgan fingerprint density at radius 2 is 1.61 bits per heavy atom. The first-order chi connectivity index (χ1) is 19.9. The first-order valence-corrected chi connectivity index (χ1v) is 14.4. The van der Waals surface area contributed by atoms with Gasteiger partial charge in [0, 0.05) is 24.5 Å². The van der Waals surface area contributed by atoms with Crippen molar-refractivity contribution in [3.8, 4) is 0 Å². The highest BCUT2D eigenvalue weighted by Gasteiger charge is 2.41. The molecule has 1 aliphatic heterocycles. The second-order valence-electron chi connectivity index (χ2n) is 10.9. The van der Waals surface area contributed by atoms with E-state index in [2.05, 4.69) is 48.5 Å². The average molecular weight is 551 g/mol. The molecule has 6 heteroatoms. The fourth-order valence-corrected chi connectivity index (χ4v) is 5.53. The third-order valence-electron chi connectivity index (χ3n) is 7.68. The number of H-pyrrole nitrogens is 1. The summed E-state index contributed by atoms with van der Waals surface area (Å²) in [6.07, 6.45) is 6.69. The summed E-state index contributed by atoms with van der Waals surface area (Å²) in [4.78, 5) is 18.4. The van der Waals surface area contributed by atoms with E-state index >= 15 is 0 Å². The Labute approximate surface area is 244 Å². The van der Waals surface area contributed by atoms with E-state index in [0.717, 1.165) is 34.0 Å². The number of nitrogens with one attached hydrogen (secondary N) is 1. The van der Waals surface area contributed by atoms with Gasteiger partial charge in [-0.2, -0.15) is 5.10 Å². The van der Waals surface area contributed by atoms with E-state index in [0.29, 0.717) is 25.9 Å². The van der Waals surface area contributed by atoms with Crippen LogP contribution in [0.4, 0.5) is 4.79 Å². The highest BCUT2D eigenvalue weighted by Crippen LogP contribution is 2.31. The fraction of sp³-hybridized carbons (Fsp3) is 0.314. The minimum Gasteiger partial charge on any atom is -0.391 e. The number of hydrogen-bond acceptors (Lipinski definition) is 3. The predicted octanol–water partition coefficient (Wildman–Crippen LogP) is 7.14. The second kappa shape index (κ2) is 14.5. The molecule has 0 radical (unpaired) electrons. The molecule has 0 spiro atoms. The van der Waals surface area contributed by atoms with Crippen LogP contribution >= 0.6 is 0 Å². The minimum atomic E-state index is -0.661. The predicted molar refractivity (Wildman–Crippen MR) is 167 cm³/mol. The molecule has 0 bridgehead atoms. The number of fused-ring (bicyclic) bond motifs is 1. The van der Waals surface area contributed by atoms with Crippen molar-refractivity contribution >= 4 is 16.9 Å². The van der Waals surface area contributed by atoms with Crippen molar-refractivity contribution in [2.75, 3.05) is 0 Å². The molecule has 0 saturated carbocycles. The summed E-state index contributed by atoms with van der Waals surface area (Å²) >= 11 is 0. The number of urea groups is 1. The largest absolute Gasteiger partial charge is 0.391 e. The molecule has 3 unspecified atom stereocenters. The molecular formula is C35H42N4O2. The van der Waals surface area contributed by atoms with Crippen LogP contribution in [0.2, 0.25) is 0 Å². The summed E-state index contributed by atoms with van der Waals surface area (Å²) < 4.78 is 0. The van der Waals surface area contributed by atoms with Crippen molar-refractivity contribution in [3.05, 3.63) is 127 Å². The van der Waals surface area contributed by atoms with Gasteiger partial charge in [-0.3, -0.25) is 5.10 Å². The van der Waals surface area contributed by atoms with Gasteiger partial charge in [0.2, 0.25) is 0 Å². The van der Waals surface area contributed by atoms with Gasteiger partial charge in [-0.05, 0) is 60.9 Å². The number of amides is 2. The van der Waals surface area contributed by atoms with E-state index < -0.39 is 6.10 Å². The van der Waals surface area contributed by atoms with E-state index in [9.17, 15) is 9.90 Å². The lowest BCUT2D eigenvalue weighted by Crippen LogP contribution is -2.50. The van der Waals surface area contributed by atoms with Crippen LogP contribution in [0.1, 0.15) is 43.4 Å². The standard InChI is InChI=1S/C32H36N4O2.C3H6/c1-3-23(2)16-28-19-31(37)30(18-24-10-6-4-7-11-24)36(21-25-12-8-5-9-13-25)32(38)35(28)22-26-14-15-29-27(17-26)20-33-34-29;1-3-2/h3-15,17,20,23,28,30-31,37H,1,16,18-19,21-22H2,2H3,(H,33,34);3H,1H2,2H3/t23?,28-,30?,31?;/m1./s1. The van der Waals surface area contributed by atoms with Crippen LogP contribution in [0.15, 0.2) is 110 Å². The van der Waals surface area contributed by atoms with E-state index in [1.807, 2.05) is 89.7 Å². The van der Waals surface area contributed by atoms with Crippen LogP contribution in [0.5, 0.6) is 0 Å². The number of nitrogens with zero attached hydrogens (tertiary/aromatic N) is 3. The highest BCUT2D eigenvalue weighted by molar-refractivity contribution is 5.79. The van der Waals surface area contributed by atoms with E-state index in [-0.39, 0.29) is 24.0 Å². The fourth-order valence-electron chi connectivity index (χ4n) is 5.53. The lowest BCUT2D eigenvalue weighted by atomic mass is 9.92. The molecule has 3 aromatic carbocycles. The number of benzene rings is 3. The zero-order chi connectivity index (χ0) is 29.2. The molecule has 4 atom stereocenters. The van der Waals surface area contributed by atoms with Gasteiger partial charge in [0.15, 0.2) is 0 Å². The normalized spacial score (nSPS) is 19.7. The number of rotatable bonds is 9. The summed E-state index contributed by atoms with van der Waals surface area (Å²) in [5.74, 6) is 0.215. The second-order valence-corrected chi connectivity index (χ2v) is 10.9. The Bertz CT molecular complexity index is 1400. The smallest absolute Gasteiger partial charge is 0.321 e. The summed E-state index contributed by atoms with van der Waals surface area (Å²) in [6.45, 7) is 12.3. The van der Waals surface area contributed by atoms with Crippen molar-refractivity contribution in [2.45, 2.75) is 64.4 Å². The molecule has 1 fully saturated rings. The first-order valence-electron chi connectivity index (χ1n) is 14.4. The zero-order valence-electron chi connectivity index (χ0n) is 24.2. The lowest BCUT2D eigenvalue weighted by molar-refractivity contribution is 0.0655. The Morgan fingerprint density at radius 1 is 0.976 bits per heavy atom. The van der Waals surface area contributed by atoms with Gasteiger partial charge >= 0.3 is 6.03 Å². The van der Waals surface area contributed by atoms with Gasteiger partial charge in [-0.15, -0.1) is 13.2 Å². The maximum absolute atomic E-state index is 14.5. The lowest BCUT2D eigenvalue weighted by Gasteiger charge is -2.36. The van der Waals surface area contributed by atoms with Gasteiger partial charge in [-0.25, -0.2) is 4.79 Å². The summed E-state index contributed by atoms with van der Waals surface area (Å²) in [5.41, 5.74) is 4.16. The van der Waals surface area contributed by atoms with Gasteiger partial charge in [0.25, 0.3) is 0 Å². The van der Waals surface area contributed by atoms with Crippen molar-refractivity contribution in [1.82, 2.24) is 20.0 Å². The van der Waals surface area contributed by atoms with Crippen LogP contribution in [-0.4, -0.2) is 49.3 Å². The average Bonchev–Trinajstić information content (AvgIpc) is 3.43. The maximum Gasteiger partial charge on any atom is 0.321 e. The Balaban J connectivity index is 0.00000124. The summed E-state index contributed by atoms with van der Waals surface area (Å²) in [6, 6.07) is 25.8. The Morgan fingerprint density at radius 3 is 2.27 bits per heavy atom. The van der Waals surface area contributed by atoms with Crippen LogP contribution < -0.4 is 0 Å². The topological polar surface area (TPSA) is 72.5 Å². The number of aromatic nitrogens is 2. The first kappa shape index (κ1) is 29.8. The highest BCUT2D eigenvalue weighted by atomic mass is 16.3.